The number of ether oxygens (including phenoxy) is 1. The van der Waals surface area contributed by atoms with Crippen LogP contribution in [0.5, 0.6) is 5.75 Å². The summed E-state index contributed by atoms with van der Waals surface area (Å²) in [5.74, 6) is -1.48. The van der Waals surface area contributed by atoms with Gasteiger partial charge in [0.1, 0.15) is 11.5 Å². The van der Waals surface area contributed by atoms with Crippen molar-refractivity contribution in [3.63, 3.8) is 0 Å². The van der Waals surface area contributed by atoms with Gasteiger partial charge in [0, 0.05) is 6.07 Å². The molecule has 3 rings (SSSR count). The highest BCUT2D eigenvalue weighted by Gasteiger charge is 2.36. The second-order valence-corrected chi connectivity index (χ2v) is 6.52. The molecular formula is C17H12N2O8S. The number of phenolic OH excluding ortho intramolecular Hbond substituents is 1. The second-order valence-electron chi connectivity index (χ2n) is 5.53. The molecular weight excluding hydrogens is 392 g/mol. The lowest BCUT2D eigenvalue weighted by Crippen LogP contribution is -2.27. The number of carbonyl (C=O) groups excluding carboxylic acids is 3. The van der Waals surface area contributed by atoms with E-state index in [1.807, 2.05) is 0 Å². The van der Waals surface area contributed by atoms with Crippen LogP contribution in [-0.2, 0) is 16.1 Å². The number of phenols is 1. The first-order valence-corrected chi connectivity index (χ1v) is 8.51. The Hall–Kier alpha value is -3.60. The third kappa shape index (κ3) is 3.74. The van der Waals surface area contributed by atoms with Crippen LogP contribution in [0.3, 0.4) is 0 Å². The smallest absolute Gasteiger partial charge is 0.373 e. The Morgan fingerprint density at radius 3 is 2.79 bits per heavy atom. The van der Waals surface area contributed by atoms with Gasteiger partial charge < -0.3 is 14.3 Å². The Kier molecular flexibility index (Phi) is 5.18. The van der Waals surface area contributed by atoms with Crippen LogP contribution < -0.4 is 0 Å². The van der Waals surface area contributed by atoms with Crippen molar-refractivity contribution in [2.45, 2.75) is 6.54 Å². The Morgan fingerprint density at radius 2 is 2.11 bits per heavy atom. The maximum absolute atomic E-state index is 12.5. The largest absolute Gasteiger partial charge is 0.508 e. The van der Waals surface area contributed by atoms with Crippen LogP contribution in [0.4, 0.5) is 10.5 Å². The van der Waals surface area contributed by atoms with Gasteiger partial charge in [-0.2, -0.15) is 0 Å². The number of amides is 2. The number of hydrogen-bond donors (Lipinski definition) is 1. The molecule has 0 saturated carbocycles. The van der Waals surface area contributed by atoms with E-state index in [0.717, 1.165) is 23.1 Å². The van der Waals surface area contributed by atoms with Crippen LogP contribution in [0.25, 0.3) is 6.08 Å². The van der Waals surface area contributed by atoms with E-state index < -0.39 is 22.0 Å². The van der Waals surface area contributed by atoms with Gasteiger partial charge in [-0.3, -0.25) is 24.6 Å². The van der Waals surface area contributed by atoms with Gasteiger partial charge in [-0.25, -0.2) is 4.79 Å². The topological polar surface area (TPSA) is 140 Å². The predicted octanol–water partition coefficient (Wildman–Crippen LogP) is 2.92. The molecule has 0 unspecified atom stereocenters. The minimum atomic E-state index is -0.698. The molecule has 11 heteroatoms. The molecule has 1 saturated heterocycles. The highest BCUT2D eigenvalue weighted by Crippen LogP contribution is 2.35. The van der Waals surface area contributed by atoms with E-state index in [1.54, 1.807) is 0 Å². The summed E-state index contributed by atoms with van der Waals surface area (Å²) in [6.45, 7) is -0.221. The molecule has 1 aromatic heterocycles. The summed E-state index contributed by atoms with van der Waals surface area (Å²) >= 11 is 0.601. The molecule has 0 aliphatic carbocycles. The lowest BCUT2D eigenvalue weighted by molar-refractivity contribution is -0.385. The monoisotopic (exact) mass is 404 g/mol. The summed E-state index contributed by atoms with van der Waals surface area (Å²) in [7, 11) is 1.19. The molecule has 0 spiro atoms. The highest BCUT2D eigenvalue weighted by atomic mass is 32.2. The van der Waals surface area contributed by atoms with Crippen LogP contribution in [0.15, 0.2) is 39.7 Å². The van der Waals surface area contributed by atoms with E-state index in [9.17, 15) is 29.6 Å². The molecule has 0 atom stereocenters. The van der Waals surface area contributed by atoms with E-state index >= 15 is 0 Å². The highest BCUT2D eigenvalue weighted by molar-refractivity contribution is 8.18. The van der Waals surface area contributed by atoms with E-state index in [1.165, 1.54) is 25.3 Å². The maximum Gasteiger partial charge on any atom is 0.373 e. The van der Waals surface area contributed by atoms with Gasteiger partial charge in [0.05, 0.1) is 29.0 Å². The van der Waals surface area contributed by atoms with Crippen molar-refractivity contribution in [3.8, 4) is 5.75 Å². The molecule has 1 N–H and O–H groups in total. The first-order valence-electron chi connectivity index (χ1n) is 7.70. The number of benzene rings is 1. The molecule has 1 aliphatic heterocycles. The number of hydrogen-bond acceptors (Lipinski definition) is 9. The number of methoxy groups -OCH3 is 1. The Bertz CT molecular complexity index is 1030. The van der Waals surface area contributed by atoms with Crippen LogP contribution in [0, 0.1) is 10.1 Å². The predicted molar refractivity (Wildman–Crippen MR) is 96.3 cm³/mol. The van der Waals surface area contributed by atoms with Crippen molar-refractivity contribution in [1.29, 1.82) is 0 Å². The van der Waals surface area contributed by atoms with E-state index in [-0.39, 0.29) is 40.0 Å². The summed E-state index contributed by atoms with van der Waals surface area (Å²) in [5.41, 5.74) is -0.333. The van der Waals surface area contributed by atoms with Gasteiger partial charge in [0.15, 0.2) is 0 Å². The van der Waals surface area contributed by atoms with Gasteiger partial charge in [0.2, 0.25) is 5.76 Å². The SMILES string of the molecule is COC(=O)c1ccc(CN2C(=O)S/C(=C/c3cc(O)ccc3[N+](=O)[O-])C2=O)o1. The Labute approximate surface area is 161 Å². The zero-order chi connectivity index (χ0) is 20.4. The standard InChI is InChI=1S/C17H12N2O8S/c1-26-16(22)13-5-3-11(27-13)8-18-15(21)14(28-17(18)23)7-9-6-10(20)2-4-12(9)19(24)25/h2-7,20H,8H2,1H3/b14-7+. The molecule has 28 heavy (non-hydrogen) atoms. The summed E-state index contributed by atoms with van der Waals surface area (Å²) in [6.07, 6.45) is 1.17. The van der Waals surface area contributed by atoms with Gasteiger partial charge >= 0.3 is 5.97 Å². The van der Waals surface area contributed by atoms with Crippen LogP contribution in [0.1, 0.15) is 21.9 Å². The Morgan fingerprint density at radius 1 is 1.36 bits per heavy atom. The second kappa shape index (κ2) is 7.56. The fourth-order valence-electron chi connectivity index (χ4n) is 2.43. The van der Waals surface area contributed by atoms with Crippen LogP contribution in [0.2, 0.25) is 0 Å². The van der Waals surface area contributed by atoms with Crippen molar-refractivity contribution in [2.24, 2.45) is 0 Å². The molecule has 1 aromatic carbocycles. The lowest BCUT2D eigenvalue weighted by Gasteiger charge is -2.09. The molecule has 0 radical (unpaired) electrons. The van der Waals surface area contributed by atoms with Crippen LogP contribution in [-0.4, -0.2) is 39.2 Å². The maximum atomic E-state index is 12.5. The molecule has 1 aliphatic rings. The van der Waals surface area contributed by atoms with Crippen LogP contribution >= 0.6 is 11.8 Å². The zero-order valence-electron chi connectivity index (χ0n) is 14.3. The number of carbonyl (C=O) groups is 3. The number of aromatic hydroxyl groups is 1. The fraction of sp³-hybridized carbons (Fsp3) is 0.118. The number of thioether (sulfide) groups is 1. The number of nitro groups is 1. The van der Waals surface area contributed by atoms with Gasteiger partial charge in [0.25, 0.3) is 16.8 Å². The zero-order valence-corrected chi connectivity index (χ0v) is 15.1. The van der Waals surface area contributed by atoms with Crippen molar-refractivity contribution >= 4 is 40.6 Å². The summed E-state index contributed by atoms with van der Waals surface area (Å²) in [4.78, 5) is 47.4. The summed E-state index contributed by atoms with van der Waals surface area (Å²) in [5, 5.41) is 20.1. The number of imide groups is 1. The van der Waals surface area contributed by atoms with E-state index in [2.05, 4.69) is 4.74 Å². The van der Waals surface area contributed by atoms with Gasteiger partial charge in [-0.1, -0.05) is 0 Å². The van der Waals surface area contributed by atoms with Crippen molar-refractivity contribution in [3.05, 3.63) is 62.4 Å². The molecule has 144 valence electrons. The van der Waals surface area contributed by atoms with E-state index in [0.29, 0.717) is 11.8 Å². The third-order valence-corrected chi connectivity index (χ3v) is 4.64. The fourth-order valence-corrected chi connectivity index (χ4v) is 3.26. The first kappa shape index (κ1) is 19.2. The quantitative estimate of drug-likeness (QED) is 0.344. The first-order chi connectivity index (χ1) is 13.3. The van der Waals surface area contributed by atoms with Gasteiger partial charge in [-0.15, -0.1) is 0 Å². The number of nitro benzene ring substituents is 1. The number of rotatable bonds is 5. The normalized spacial score (nSPS) is 15.3. The molecule has 2 aromatic rings. The van der Waals surface area contributed by atoms with Gasteiger partial charge in [-0.05, 0) is 42.1 Å². The molecule has 2 amide bonds. The van der Waals surface area contributed by atoms with Crippen molar-refractivity contribution in [1.82, 2.24) is 4.90 Å². The number of esters is 1. The average molecular weight is 404 g/mol. The molecule has 10 nitrogen and oxygen atoms in total. The minimum absolute atomic E-state index is 0.0125. The van der Waals surface area contributed by atoms with Crippen molar-refractivity contribution < 1.29 is 33.6 Å². The lowest BCUT2D eigenvalue weighted by atomic mass is 10.1. The molecule has 2 heterocycles. The molecule has 0 bridgehead atoms. The van der Waals surface area contributed by atoms with Crippen molar-refractivity contribution in [2.75, 3.05) is 7.11 Å². The Balaban J connectivity index is 1.85. The minimum Gasteiger partial charge on any atom is -0.508 e. The number of nitrogens with zero attached hydrogens (tertiary/aromatic N) is 2. The summed E-state index contributed by atoms with van der Waals surface area (Å²) < 4.78 is 9.76. The number of furan rings is 1. The summed E-state index contributed by atoms with van der Waals surface area (Å²) in [6, 6.07) is 6.16. The average Bonchev–Trinajstić information content (AvgIpc) is 3.21. The third-order valence-electron chi connectivity index (χ3n) is 3.73. The van der Waals surface area contributed by atoms with E-state index in [4.69, 9.17) is 4.42 Å². The molecule has 1 fully saturated rings.